The van der Waals surface area contributed by atoms with Crippen LogP contribution in [0, 0.1) is 0 Å². The zero-order chi connectivity index (χ0) is 24.1. The molecule has 2 aromatic rings. The fourth-order valence-electron chi connectivity index (χ4n) is 4.96. The number of fused-ring (bicyclic) bond motifs is 2. The van der Waals surface area contributed by atoms with Gasteiger partial charge in [0.2, 0.25) is 11.9 Å². The van der Waals surface area contributed by atoms with Crippen LogP contribution in [-0.2, 0) is 17.8 Å². The number of benzene rings is 1. The molecular weight excluding hydrogens is 432 g/mol. The minimum absolute atomic E-state index is 0.0538. The molecule has 0 bridgehead atoms. The van der Waals surface area contributed by atoms with Crippen LogP contribution >= 0.6 is 0 Å². The SMILES string of the molecule is CC(=O)N1CCN(c2nc3c(c(N(C)c4ccc5c(c4)CC(C)O5)n2)CN(C(C)C)C3=O)CC1. The molecular formula is C25H32N6O3. The predicted octanol–water partition coefficient (Wildman–Crippen LogP) is 2.60. The monoisotopic (exact) mass is 464 g/mol. The summed E-state index contributed by atoms with van der Waals surface area (Å²) < 4.78 is 5.87. The van der Waals surface area contributed by atoms with E-state index in [4.69, 9.17) is 14.7 Å². The topological polar surface area (TPSA) is 82.1 Å². The second-order valence-corrected chi connectivity index (χ2v) is 9.68. The Labute approximate surface area is 200 Å². The van der Waals surface area contributed by atoms with E-state index in [-0.39, 0.29) is 24.0 Å². The third-order valence-electron chi connectivity index (χ3n) is 6.98. The zero-order valence-corrected chi connectivity index (χ0v) is 20.5. The third-order valence-corrected chi connectivity index (χ3v) is 6.98. The fraction of sp³-hybridized carbons (Fsp3) is 0.520. The maximum atomic E-state index is 13.2. The van der Waals surface area contributed by atoms with Crippen LogP contribution in [-0.4, -0.2) is 77.0 Å². The summed E-state index contributed by atoms with van der Waals surface area (Å²) in [7, 11) is 1.99. The molecule has 1 saturated heterocycles. The number of aromatic nitrogens is 2. The van der Waals surface area contributed by atoms with Crippen LogP contribution in [0.5, 0.6) is 5.75 Å². The summed E-state index contributed by atoms with van der Waals surface area (Å²) in [6.45, 7) is 10.7. The summed E-state index contributed by atoms with van der Waals surface area (Å²) >= 11 is 0. The Balaban J connectivity index is 1.53. The largest absolute Gasteiger partial charge is 0.490 e. The lowest BCUT2D eigenvalue weighted by atomic mass is 10.1. The first-order chi connectivity index (χ1) is 16.2. The van der Waals surface area contributed by atoms with Crippen molar-refractivity contribution in [3.63, 3.8) is 0 Å². The lowest BCUT2D eigenvalue weighted by Gasteiger charge is -2.34. The summed E-state index contributed by atoms with van der Waals surface area (Å²) in [5.74, 6) is 2.25. The van der Waals surface area contributed by atoms with Crippen molar-refractivity contribution in [3.05, 3.63) is 35.0 Å². The van der Waals surface area contributed by atoms with E-state index in [0.717, 1.165) is 29.2 Å². The van der Waals surface area contributed by atoms with Crippen molar-refractivity contribution in [2.45, 2.75) is 52.8 Å². The van der Waals surface area contributed by atoms with Crippen LogP contribution in [0.1, 0.15) is 49.3 Å². The highest BCUT2D eigenvalue weighted by atomic mass is 16.5. The maximum absolute atomic E-state index is 13.2. The molecule has 3 aliphatic rings. The van der Waals surface area contributed by atoms with Crippen molar-refractivity contribution in [3.8, 4) is 5.75 Å². The molecule has 1 fully saturated rings. The Morgan fingerprint density at radius 3 is 2.59 bits per heavy atom. The molecule has 5 rings (SSSR count). The van der Waals surface area contributed by atoms with Crippen LogP contribution < -0.4 is 14.5 Å². The van der Waals surface area contributed by atoms with E-state index < -0.39 is 0 Å². The van der Waals surface area contributed by atoms with Gasteiger partial charge in [0.05, 0.1) is 6.54 Å². The Morgan fingerprint density at radius 2 is 1.91 bits per heavy atom. The lowest BCUT2D eigenvalue weighted by molar-refractivity contribution is -0.129. The van der Waals surface area contributed by atoms with E-state index in [1.165, 1.54) is 5.56 Å². The van der Waals surface area contributed by atoms with Gasteiger partial charge in [0, 0.05) is 63.9 Å². The molecule has 3 aliphatic heterocycles. The van der Waals surface area contributed by atoms with Gasteiger partial charge in [0.15, 0.2) is 0 Å². The minimum atomic E-state index is -0.0538. The van der Waals surface area contributed by atoms with Gasteiger partial charge in [0.1, 0.15) is 23.4 Å². The second kappa shape index (κ2) is 8.45. The first kappa shape index (κ1) is 22.4. The minimum Gasteiger partial charge on any atom is -0.490 e. The van der Waals surface area contributed by atoms with Crippen LogP contribution in [0.3, 0.4) is 0 Å². The molecule has 4 heterocycles. The van der Waals surface area contributed by atoms with Crippen LogP contribution in [0.4, 0.5) is 17.5 Å². The number of carbonyl (C=O) groups excluding carboxylic acids is 2. The van der Waals surface area contributed by atoms with Gasteiger partial charge in [-0.05, 0) is 44.5 Å². The molecule has 2 amide bonds. The van der Waals surface area contributed by atoms with Gasteiger partial charge in [-0.1, -0.05) is 0 Å². The number of hydrogen-bond acceptors (Lipinski definition) is 7. The third kappa shape index (κ3) is 3.82. The van der Waals surface area contributed by atoms with E-state index in [2.05, 4.69) is 22.8 Å². The quantitative estimate of drug-likeness (QED) is 0.688. The highest BCUT2D eigenvalue weighted by Crippen LogP contribution is 2.38. The van der Waals surface area contributed by atoms with Crippen molar-refractivity contribution in [2.24, 2.45) is 0 Å². The summed E-state index contributed by atoms with van der Waals surface area (Å²) in [6.07, 6.45) is 1.06. The molecule has 0 N–H and O–H groups in total. The molecule has 34 heavy (non-hydrogen) atoms. The van der Waals surface area contributed by atoms with Gasteiger partial charge in [0.25, 0.3) is 5.91 Å². The predicted molar refractivity (Wildman–Crippen MR) is 130 cm³/mol. The van der Waals surface area contributed by atoms with Crippen molar-refractivity contribution in [1.29, 1.82) is 0 Å². The Morgan fingerprint density at radius 1 is 1.18 bits per heavy atom. The van der Waals surface area contributed by atoms with Gasteiger partial charge in [-0.25, -0.2) is 4.98 Å². The average molecular weight is 465 g/mol. The van der Waals surface area contributed by atoms with E-state index in [0.29, 0.717) is 44.4 Å². The van der Waals surface area contributed by atoms with Gasteiger partial charge in [-0.2, -0.15) is 4.98 Å². The number of nitrogens with zero attached hydrogens (tertiary/aromatic N) is 6. The molecule has 0 radical (unpaired) electrons. The van der Waals surface area contributed by atoms with E-state index in [1.54, 1.807) is 6.92 Å². The number of piperazine rings is 1. The summed E-state index contributed by atoms with van der Waals surface area (Å²) in [5.41, 5.74) is 3.52. The zero-order valence-electron chi connectivity index (χ0n) is 20.5. The fourth-order valence-corrected chi connectivity index (χ4v) is 4.96. The smallest absolute Gasteiger partial charge is 0.273 e. The van der Waals surface area contributed by atoms with Gasteiger partial charge >= 0.3 is 0 Å². The van der Waals surface area contributed by atoms with E-state index in [9.17, 15) is 9.59 Å². The molecule has 0 aliphatic carbocycles. The number of anilines is 3. The molecule has 0 saturated carbocycles. The van der Waals surface area contributed by atoms with Gasteiger partial charge < -0.3 is 24.3 Å². The van der Waals surface area contributed by atoms with Crippen LogP contribution in [0.2, 0.25) is 0 Å². The average Bonchev–Trinajstić information content (AvgIpc) is 3.36. The van der Waals surface area contributed by atoms with Gasteiger partial charge in [-0.3, -0.25) is 9.59 Å². The van der Waals surface area contributed by atoms with Gasteiger partial charge in [-0.15, -0.1) is 0 Å². The molecule has 1 unspecified atom stereocenters. The summed E-state index contributed by atoms with van der Waals surface area (Å²) in [6, 6.07) is 6.27. The van der Waals surface area contributed by atoms with Crippen LogP contribution in [0.15, 0.2) is 18.2 Å². The molecule has 1 atom stereocenters. The number of amides is 2. The molecule has 180 valence electrons. The second-order valence-electron chi connectivity index (χ2n) is 9.68. The van der Waals surface area contributed by atoms with E-state index >= 15 is 0 Å². The standard InChI is InChI=1S/C25H32N6O3/c1-15(2)31-14-20-22(24(31)33)26-25(30-10-8-29(9-11-30)17(4)32)27-23(20)28(5)19-6-7-21-18(13-19)12-16(3)34-21/h6-7,13,15-16H,8-12,14H2,1-5H3. The van der Waals surface area contributed by atoms with Crippen molar-refractivity contribution in [1.82, 2.24) is 19.8 Å². The lowest BCUT2D eigenvalue weighted by Crippen LogP contribution is -2.48. The number of ether oxygens (including phenoxy) is 1. The van der Waals surface area contributed by atoms with Crippen LogP contribution in [0.25, 0.3) is 0 Å². The van der Waals surface area contributed by atoms with Crippen molar-refractivity contribution in [2.75, 3.05) is 43.0 Å². The number of hydrogen-bond donors (Lipinski definition) is 0. The Bertz CT molecular complexity index is 1140. The molecule has 1 aromatic carbocycles. The Kier molecular flexibility index (Phi) is 5.58. The molecule has 1 aromatic heterocycles. The highest BCUT2D eigenvalue weighted by molar-refractivity contribution is 5.98. The first-order valence-electron chi connectivity index (χ1n) is 12.0. The number of rotatable bonds is 4. The van der Waals surface area contributed by atoms with Crippen molar-refractivity contribution >= 4 is 29.3 Å². The van der Waals surface area contributed by atoms with Crippen molar-refractivity contribution < 1.29 is 14.3 Å². The molecule has 0 spiro atoms. The summed E-state index contributed by atoms with van der Waals surface area (Å²) in [5, 5.41) is 0. The maximum Gasteiger partial charge on any atom is 0.273 e. The van der Waals surface area contributed by atoms with E-state index in [1.807, 2.05) is 42.8 Å². The number of carbonyl (C=O) groups is 2. The Hall–Kier alpha value is -3.36. The highest BCUT2D eigenvalue weighted by Gasteiger charge is 2.36. The normalized spacial score (nSPS) is 19.4. The first-order valence-corrected chi connectivity index (χ1v) is 12.0. The molecule has 9 heteroatoms. The summed E-state index contributed by atoms with van der Waals surface area (Å²) in [4.78, 5) is 42.5. The molecule has 9 nitrogen and oxygen atoms in total.